The molecule has 1 aliphatic heterocycles. The van der Waals surface area contributed by atoms with Gasteiger partial charge in [0.2, 0.25) is 0 Å². The molecule has 16 heavy (non-hydrogen) atoms. The third-order valence-corrected chi connectivity index (χ3v) is 2.99. The van der Waals surface area contributed by atoms with Crippen LogP contribution in [0.25, 0.3) is 11.0 Å². The van der Waals surface area contributed by atoms with E-state index < -0.39 is 0 Å². The van der Waals surface area contributed by atoms with Gasteiger partial charge in [0.15, 0.2) is 0 Å². The lowest BCUT2D eigenvalue weighted by Gasteiger charge is -2.22. The average Bonchev–Trinajstić information content (AvgIpc) is 2.73. The topological polar surface area (TPSA) is 60.2 Å². The molecule has 1 aliphatic rings. The van der Waals surface area contributed by atoms with Crippen molar-refractivity contribution in [2.24, 2.45) is 0 Å². The Balaban J connectivity index is 2.05. The van der Waals surface area contributed by atoms with Gasteiger partial charge < -0.3 is 9.84 Å². The van der Waals surface area contributed by atoms with E-state index in [0.717, 1.165) is 37.1 Å². The molecule has 84 valence electrons. The second-order valence-electron chi connectivity index (χ2n) is 4.05. The van der Waals surface area contributed by atoms with Crippen molar-refractivity contribution < 1.29 is 9.84 Å². The third kappa shape index (κ3) is 1.53. The second kappa shape index (κ2) is 3.75. The minimum absolute atomic E-state index is 0.253. The highest BCUT2D eigenvalue weighted by atomic mass is 16.5. The second-order valence-corrected chi connectivity index (χ2v) is 4.05. The van der Waals surface area contributed by atoms with E-state index in [1.807, 2.05) is 4.68 Å². The number of nitrogens with zero attached hydrogens (tertiary/aromatic N) is 3. The summed E-state index contributed by atoms with van der Waals surface area (Å²) in [7, 11) is 0. The van der Waals surface area contributed by atoms with E-state index in [-0.39, 0.29) is 5.75 Å². The molecule has 5 heteroatoms. The van der Waals surface area contributed by atoms with Crippen molar-refractivity contribution >= 4 is 11.0 Å². The van der Waals surface area contributed by atoms with Crippen LogP contribution < -0.4 is 0 Å². The van der Waals surface area contributed by atoms with Gasteiger partial charge in [-0.25, -0.2) is 4.68 Å². The van der Waals surface area contributed by atoms with Crippen LogP contribution in [0.3, 0.4) is 0 Å². The summed E-state index contributed by atoms with van der Waals surface area (Å²) in [6, 6.07) is 5.46. The van der Waals surface area contributed by atoms with Crippen molar-refractivity contribution in [2.45, 2.75) is 18.9 Å². The molecule has 0 aliphatic carbocycles. The highest BCUT2D eigenvalue weighted by Crippen LogP contribution is 2.25. The van der Waals surface area contributed by atoms with E-state index >= 15 is 0 Å². The lowest BCUT2D eigenvalue weighted by atomic mass is 10.1. The van der Waals surface area contributed by atoms with Crippen LogP contribution in [0, 0.1) is 0 Å². The Labute approximate surface area is 92.6 Å². The van der Waals surface area contributed by atoms with Crippen LogP contribution in [0.4, 0.5) is 0 Å². The molecule has 0 radical (unpaired) electrons. The van der Waals surface area contributed by atoms with Crippen molar-refractivity contribution in [3.8, 4) is 5.75 Å². The summed E-state index contributed by atoms with van der Waals surface area (Å²) in [6.45, 7) is 1.54. The van der Waals surface area contributed by atoms with Gasteiger partial charge in [-0.15, -0.1) is 5.10 Å². The smallest absolute Gasteiger partial charge is 0.117 e. The Morgan fingerprint density at radius 2 is 2.12 bits per heavy atom. The minimum atomic E-state index is 0.253. The van der Waals surface area contributed by atoms with Gasteiger partial charge in [-0.2, -0.15) is 0 Å². The van der Waals surface area contributed by atoms with Gasteiger partial charge in [0, 0.05) is 19.3 Å². The van der Waals surface area contributed by atoms with Crippen LogP contribution in [0.5, 0.6) is 5.75 Å². The van der Waals surface area contributed by atoms with Gasteiger partial charge in [-0.05, 0) is 25.0 Å². The van der Waals surface area contributed by atoms with Crippen molar-refractivity contribution in [1.82, 2.24) is 15.0 Å². The zero-order chi connectivity index (χ0) is 11.0. The fraction of sp³-hybridized carbons (Fsp3) is 0.455. The number of hydrogen-bond donors (Lipinski definition) is 1. The molecule has 0 bridgehead atoms. The highest BCUT2D eigenvalue weighted by molar-refractivity contribution is 5.76. The number of fused-ring (bicyclic) bond motifs is 1. The van der Waals surface area contributed by atoms with E-state index in [2.05, 4.69) is 10.3 Å². The lowest BCUT2D eigenvalue weighted by Crippen LogP contribution is -2.20. The van der Waals surface area contributed by atoms with E-state index in [4.69, 9.17) is 4.74 Å². The van der Waals surface area contributed by atoms with Crippen LogP contribution in [-0.2, 0) is 4.74 Å². The molecule has 1 fully saturated rings. The first-order valence-electron chi connectivity index (χ1n) is 5.46. The molecule has 3 rings (SSSR count). The molecular formula is C11H13N3O2. The van der Waals surface area contributed by atoms with Crippen molar-refractivity contribution in [2.75, 3.05) is 13.2 Å². The quantitative estimate of drug-likeness (QED) is 0.789. The zero-order valence-corrected chi connectivity index (χ0v) is 8.83. The van der Waals surface area contributed by atoms with E-state index in [1.165, 1.54) is 0 Å². The summed E-state index contributed by atoms with van der Waals surface area (Å²) in [5.74, 6) is 0.253. The first-order valence-corrected chi connectivity index (χ1v) is 5.46. The van der Waals surface area contributed by atoms with Gasteiger partial charge in [0.05, 0.1) is 11.6 Å². The molecule has 0 amide bonds. The largest absolute Gasteiger partial charge is 0.508 e. The van der Waals surface area contributed by atoms with Crippen molar-refractivity contribution in [3.63, 3.8) is 0 Å². The Hall–Kier alpha value is -1.62. The highest BCUT2D eigenvalue weighted by Gasteiger charge is 2.19. The van der Waals surface area contributed by atoms with Crippen LogP contribution >= 0.6 is 0 Å². The van der Waals surface area contributed by atoms with Gasteiger partial charge in [-0.1, -0.05) is 5.21 Å². The normalized spacial score (nSPS) is 18.0. The molecule has 0 spiro atoms. The number of rotatable bonds is 1. The fourth-order valence-electron chi connectivity index (χ4n) is 2.12. The number of phenolic OH excluding ortho intramolecular Hbond substituents is 1. The predicted molar refractivity (Wildman–Crippen MR) is 58.3 cm³/mol. The van der Waals surface area contributed by atoms with E-state index in [0.29, 0.717) is 6.04 Å². The van der Waals surface area contributed by atoms with Crippen LogP contribution in [-0.4, -0.2) is 33.3 Å². The van der Waals surface area contributed by atoms with Crippen molar-refractivity contribution in [1.29, 1.82) is 0 Å². The van der Waals surface area contributed by atoms with Gasteiger partial charge in [-0.3, -0.25) is 0 Å². The Kier molecular flexibility index (Phi) is 2.25. The number of phenols is 1. The monoisotopic (exact) mass is 219 g/mol. The number of aromatic hydroxyl groups is 1. The summed E-state index contributed by atoms with van der Waals surface area (Å²) in [4.78, 5) is 0. The van der Waals surface area contributed by atoms with E-state index in [9.17, 15) is 5.11 Å². The van der Waals surface area contributed by atoms with Gasteiger partial charge in [0.25, 0.3) is 0 Å². The van der Waals surface area contributed by atoms with Crippen LogP contribution in [0.1, 0.15) is 18.9 Å². The van der Waals surface area contributed by atoms with Crippen LogP contribution in [0.2, 0.25) is 0 Å². The fourth-order valence-corrected chi connectivity index (χ4v) is 2.12. The molecule has 1 aromatic carbocycles. The molecule has 0 unspecified atom stereocenters. The molecule has 2 heterocycles. The van der Waals surface area contributed by atoms with Crippen LogP contribution in [0.15, 0.2) is 18.2 Å². The summed E-state index contributed by atoms with van der Waals surface area (Å²) in [5, 5.41) is 17.7. The first kappa shape index (κ1) is 9.59. The molecule has 0 atom stereocenters. The standard InChI is InChI=1S/C11H13N3O2/c15-9-1-2-10-11(7-9)14(13-12-10)8-3-5-16-6-4-8/h1-2,7-8,15H,3-6H2. The number of ether oxygens (including phenoxy) is 1. The molecule has 1 N–H and O–H groups in total. The third-order valence-electron chi connectivity index (χ3n) is 2.99. The summed E-state index contributed by atoms with van der Waals surface area (Å²) in [6.07, 6.45) is 1.90. The SMILES string of the molecule is Oc1ccc2nnn(C3CCOCC3)c2c1. The maximum Gasteiger partial charge on any atom is 0.117 e. The Morgan fingerprint density at radius 3 is 2.94 bits per heavy atom. The molecule has 0 saturated carbocycles. The zero-order valence-electron chi connectivity index (χ0n) is 8.83. The number of benzene rings is 1. The Bertz CT molecular complexity index is 503. The first-order chi connectivity index (χ1) is 7.84. The Morgan fingerprint density at radius 1 is 1.31 bits per heavy atom. The molecule has 1 aromatic heterocycles. The summed E-state index contributed by atoms with van der Waals surface area (Å²) in [5.41, 5.74) is 1.72. The maximum absolute atomic E-state index is 9.48. The van der Waals surface area contributed by atoms with Crippen molar-refractivity contribution in [3.05, 3.63) is 18.2 Å². The maximum atomic E-state index is 9.48. The molecular weight excluding hydrogens is 206 g/mol. The minimum Gasteiger partial charge on any atom is -0.508 e. The molecule has 5 nitrogen and oxygen atoms in total. The summed E-state index contributed by atoms with van der Waals surface area (Å²) >= 11 is 0. The summed E-state index contributed by atoms with van der Waals surface area (Å²) < 4.78 is 7.22. The predicted octanol–water partition coefficient (Wildman–Crippen LogP) is 1.49. The molecule has 2 aromatic rings. The number of aromatic nitrogens is 3. The van der Waals surface area contributed by atoms with E-state index in [1.54, 1.807) is 18.2 Å². The average molecular weight is 219 g/mol. The molecule has 1 saturated heterocycles. The lowest BCUT2D eigenvalue weighted by molar-refractivity contribution is 0.0669. The number of hydrogen-bond acceptors (Lipinski definition) is 4. The van der Waals surface area contributed by atoms with Gasteiger partial charge in [0.1, 0.15) is 11.3 Å². The van der Waals surface area contributed by atoms with Gasteiger partial charge >= 0.3 is 0 Å².